The minimum absolute atomic E-state index is 0.0167. The van der Waals surface area contributed by atoms with Gasteiger partial charge in [0.25, 0.3) is 5.91 Å². The molecule has 0 aromatic heterocycles. The lowest BCUT2D eigenvalue weighted by molar-refractivity contribution is 0.0939. The van der Waals surface area contributed by atoms with Crippen LogP contribution in [0.3, 0.4) is 0 Å². The quantitative estimate of drug-likeness (QED) is 0.780. The zero-order valence-corrected chi connectivity index (χ0v) is 15.5. The van der Waals surface area contributed by atoms with E-state index in [4.69, 9.17) is 4.74 Å². The van der Waals surface area contributed by atoms with Crippen LogP contribution in [0.4, 0.5) is 0 Å². The van der Waals surface area contributed by atoms with E-state index in [0.29, 0.717) is 11.3 Å². The highest BCUT2D eigenvalue weighted by atomic mass is 32.2. The highest BCUT2D eigenvalue weighted by Crippen LogP contribution is 2.25. The summed E-state index contributed by atoms with van der Waals surface area (Å²) < 4.78 is 32.6. The van der Waals surface area contributed by atoms with Gasteiger partial charge in [-0.3, -0.25) is 4.79 Å². The van der Waals surface area contributed by atoms with Crippen molar-refractivity contribution in [3.63, 3.8) is 0 Å². The highest BCUT2D eigenvalue weighted by molar-refractivity contribution is 7.89. The number of benzene rings is 2. The summed E-state index contributed by atoms with van der Waals surface area (Å²) >= 11 is 0. The maximum atomic E-state index is 12.6. The third-order valence-electron chi connectivity index (χ3n) is 4.26. The Morgan fingerprint density at radius 1 is 1.15 bits per heavy atom. The van der Waals surface area contributed by atoms with Gasteiger partial charge in [0.05, 0.1) is 18.0 Å². The fraction of sp³-hybridized carbons (Fsp3) is 0.316. The van der Waals surface area contributed by atoms with Crippen molar-refractivity contribution in [1.29, 1.82) is 0 Å². The largest absolute Gasteiger partial charge is 0.496 e. The molecule has 3 rings (SSSR count). The van der Waals surface area contributed by atoms with Crippen LogP contribution in [-0.4, -0.2) is 27.5 Å². The number of para-hydroxylation sites is 1. The predicted octanol–water partition coefficient (Wildman–Crippen LogP) is 2.63. The number of hydrogen-bond acceptors (Lipinski definition) is 4. The number of sulfonamides is 1. The van der Waals surface area contributed by atoms with E-state index in [9.17, 15) is 13.2 Å². The van der Waals surface area contributed by atoms with Crippen molar-refractivity contribution in [2.24, 2.45) is 0 Å². The number of methoxy groups -OCH3 is 1. The maximum Gasteiger partial charge on any atom is 0.251 e. The molecule has 26 heavy (non-hydrogen) atoms. The van der Waals surface area contributed by atoms with Gasteiger partial charge in [0, 0.05) is 17.2 Å². The molecular formula is C19H22N2O4S. The first-order valence-corrected chi connectivity index (χ1v) is 9.95. The molecule has 6 nitrogen and oxygen atoms in total. The monoisotopic (exact) mass is 374 g/mol. The maximum absolute atomic E-state index is 12.6. The van der Waals surface area contributed by atoms with Crippen molar-refractivity contribution in [1.82, 2.24) is 10.0 Å². The first kappa shape index (κ1) is 18.4. The van der Waals surface area contributed by atoms with Crippen LogP contribution in [0, 0.1) is 0 Å². The lowest BCUT2D eigenvalue weighted by atomic mass is 10.1. The Morgan fingerprint density at radius 3 is 2.58 bits per heavy atom. The Hall–Kier alpha value is -2.38. The molecule has 2 aromatic carbocycles. The van der Waals surface area contributed by atoms with Gasteiger partial charge < -0.3 is 10.1 Å². The summed E-state index contributed by atoms with van der Waals surface area (Å²) in [7, 11) is -2.02. The topological polar surface area (TPSA) is 84.5 Å². The van der Waals surface area contributed by atoms with E-state index >= 15 is 0 Å². The van der Waals surface area contributed by atoms with Crippen molar-refractivity contribution in [2.75, 3.05) is 7.11 Å². The molecule has 0 bridgehead atoms. The lowest BCUT2D eigenvalue weighted by Crippen LogP contribution is -2.28. The SMILES string of the molecule is COc1ccccc1[C@H](C)NC(=O)c1cccc(S(=O)(=O)NC2CC2)c1. The van der Waals surface area contributed by atoms with Crippen molar-refractivity contribution >= 4 is 15.9 Å². The molecular weight excluding hydrogens is 352 g/mol. The minimum atomic E-state index is -3.59. The first-order chi connectivity index (χ1) is 12.4. The van der Waals surface area contributed by atoms with E-state index in [1.54, 1.807) is 19.2 Å². The molecule has 1 amide bonds. The molecule has 2 N–H and O–H groups in total. The number of rotatable bonds is 7. The molecule has 2 aromatic rings. The predicted molar refractivity (Wildman–Crippen MR) is 98.7 cm³/mol. The molecule has 1 fully saturated rings. The van der Waals surface area contributed by atoms with Gasteiger partial charge in [0.1, 0.15) is 5.75 Å². The van der Waals surface area contributed by atoms with Gasteiger partial charge in [-0.2, -0.15) is 0 Å². The van der Waals surface area contributed by atoms with Crippen molar-refractivity contribution in [3.8, 4) is 5.75 Å². The van der Waals surface area contributed by atoms with Crippen molar-refractivity contribution in [2.45, 2.75) is 36.7 Å². The molecule has 0 aliphatic heterocycles. The summed E-state index contributed by atoms with van der Waals surface area (Å²) in [5.74, 6) is 0.345. The second-order valence-electron chi connectivity index (χ2n) is 6.36. The number of amides is 1. The third kappa shape index (κ3) is 4.23. The van der Waals surface area contributed by atoms with Crippen LogP contribution in [0.5, 0.6) is 5.75 Å². The van der Waals surface area contributed by atoms with Crippen LogP contribution in [0.2, 0.25) is 0 Å². The van der Waals surface area contributed by atoms with Crippen LogP contribution in [0.15, 0.2) is 53.4 Å². The molecule has 7 heteroatoms. The molecule has 0 spiro atoms. The minimum Gasteiger partial charge on any atom is -0.496 e. The molecule has 1 aliphatic rings. The molecule has 1 saturated carbocycles. The average molecular weight is 374 g/mol. The second-order valence-corrected chi connectivity index (χ2v) is 8.07. The van der Waals surface area contributed by atoms with E-state index < -0.39 is 10.0 Å². The summed E-state index contributed by atoms with van der Waals surface area (Å²) in [5.41, 5.74) is 1.15. The van der Waals surface area contributed by atoms with E-state index in [1.165, 1.54) is 12.1 Å². The summed E-state index contributed by atoms with van der Waals surface area (Å²) in [6.45, 7) is 1.85. The second kappa shape index (κ2) is 7.47. The molecule has 1 atom stereocenters. The number of nitrogens with one attached hydrogen (secondary N) is 2. The van der Waals surface area contributed by atoms with Crippen LogP contribution in [0.25, 0.3) is 0 Å². The smallest absolute Gasteiger partial charge is 0.251 e. The molecule has 1 aliphatic carbocycles. The van der Waals surface area contributed by atoms with Gasteiger partial charge in [-0.05, 0) is 44.0 Å². The van der Waals surface area contributed by atoms with Gasteiger partial charge >= 0.3 is 0 Å². The molecule has 0 radical (unpaired) electrons. The Morgan fingerprint density at radius 2 is 1.88 bits per heavy atom. The molecule has 0 heterocycles. The number of carbonyl (C=O) groups excluding carboxylic acids is 1. The average Bonchev–Trinajstić information content (AvgIpc) is 3.45. The summed E-state index contributed by atoms with van der Waals surface area (Å²) in [6, 6.07) is 13.2. The summed E-state index contributed by atoms with van der Waals surface area (Å²) in [4.78, 5) is 12.7. The van der Waals surface area contributed by atoms with Gasteiger partial charge in [0.2, 0.25) is 10.0 Å². The number of hydrogen-bond donors (Lipinski definition) is 2. The van der Waals surface area contributed by atoms with Crippen LogP contribution < -0.4 is 14.8 Å². The Labute approximate surface area is 153 Å². The van der Waals surface area contributed by atoms with Gasteiger partial charge in [0.15, 0.2) is 0 Å². The first-order valence-electron chi connectivity index (χ1n) is 8.47. The lowest BCUT2D eigenvalue weighted by Gasteiger charge is -2.17. The van der Waals surface area contributed by atoms with E-state index in [0.717, 1.165) is 18.4 Å². The van der Waals surface area contributed by atoms with Gasteiger partial charge in [-0.25, -0.2) is 13.1 Å². The Kier molecular flexibility index (Phi) is 5.29. The van der Waals surface area contributed by atoms with Crippen LogP contribution >= 0.6 is 0 Å². The zero-order chi connectivity index (χ0) is 18.7. The normalized spacial score (nSPS) is 15.3. The highest BCUT2D eigenvalue weighted by Gasteiger charge is 2.28. The molecule has 138 valence electrons. The van der Waals surface area contributed by atoms with E-state index in [1.807, 2.05) is 31.2 Å². The number of ether oxygens (including phenoxy) is 1. The fourth-order valence-electron chi connectivity index (χ4n) is 2.68. The van der Waals surface area contributed by atoms with Crippen LogP contribution in [0.1, 0.15) is 41.7 Å². The molecule has 0 unspecified atom stereocenters. The third-order valence-corrected chi connectivity index (χ3v) is 5.78. The van der Waals surface area contributed by atoms with E-state index in [-0.39, 0.29) is 22.9 Å². The van der Waals surface area contributed by atoms with Crippen molar-refractivity contribution in [3.05, 3.63) is 59.7 Å². The van der Waals surface area contributed by atoms with Gasteiger partial charge in [-0.1, -0.05) is 24.3 Å². The standard InChI is InChI=1S/C19H22N2O4S/c1-13(17-8-3-4-9-18(17)25-2)20-19(22)14-6-5-7-16(12-14)26(23,24)21-15-10-11-15/h3-9,12-13,15,21H,10-11H2,1-2H3,(H,20,22)/t13-/m0/s1. The van der Waals surface area contributed by atoms with Crippen molar-refractivity contribution < 1.29 is 17.9 Å². The number of carbonyl (C=O) groups is 1. The summed E-state index contributed by atoms with van der Waals surface area (Å²) in [5, 5.41) is 2.88. The Balaban J connectivity index is 1.76. The zero-order valence-electron chi connectivity index (χ0n) is 14.7. The fourth-order valence-corrected chi connectivity index (χ4v) is 4.03. The van der Waals surface area contributed by atoms with E-state index in [2.05, 4.69) is 10.0 Å². The summed E-state index contributed by atoms with van der Waals surface area (Å²) in [6.07, 6.45) is 1.71. The molecule has 0 saturated heterocycles. The van der Waals surface area contributed by atoms with Gasteiger partial charge in [-0.15, -0.1) is 0 Å². The van der Waals surface area contributed by atoms with Crippen LogP contribution in [-0.2, 0) is 10.0 Å². The Bertz CT molecular complexity index is 907.